The van der Waals surface area contributed by atoms with E-state index < -0.39 is 47.6 Å². The largest absolute Gasteiger partial charge is 0.497 e. The number of benzene rings is 4. The van der Waals surface area contributed by atoms with Crippen molar-refractivity contribution in [3.63, 3.8) is 0 Å². The fourth-order valence-electron chi connectivity index (χ4n) is 5.75. The van der Waals surface area contributed by atoms with E-state index in [1.54, 1.807) is 88.5 Å². The summed E-state index contributed by atoms with van der Waals surface area (Å²) < 4.78 is 86.8. The number of hydrogen-bond donors (Lipinski definition) is 2. The van der Waals surface area contributed by atoms with Gasteiger partial charge in [-0.25, -0.2) is 31.0 Å². The van der Waals surface area contributed by atoms with Gasteiger partial charge in [0.2, 0.25) is 20.0 Å². The predicted molar refractivity (Wildman–Crippen MR) is 225 cm³/mol. The summed E-state index contributed by atoms with van der Waals surface area (Å²) in [5, 5.41) is 14.9. The molecule has 310 valence electrons. The van der Waals surface area contributed by atoms with Gasteiger partial charge in [-0.3, -0.25) is 0 Å². The molecule has 5 aromatic rings. The number of hydrogen-bond acceptors (Lipinski definition) is 12. The average molecular weight is 948 g/mol. The van der Waals surface area contributed by atoms with Crippen LogP contribution in [0.25, 0.3) is 11.4 Å². The maximum Gasteiger partial charge on any atom is 0.407 e. The molecule has 0 bridgehead atoms. The first-order valence-electron chi connectivity index (χ1n) is 17.9. The summed E-state index contributed by atoms with van der Waals surface area (Å²) in [6.45, 7) is 6.30. The number of sulfonamides is 2. The zero-order chi connectivity index (χ0) is 42.3. The third-order valence-corrected chi connectivity index (χ3v) is 13.1. The SMILES string of the molecule is COc1ccc(CN(Cc2ccc(OC)cc2)S(=O)(=O)c2c(S(=O)(=O)N[C@@H](C)CNC(=O)OC(C)(C)C)ccc(I)c2-c2nnnn2Cc2ccc(OC)cc2)cc1. The van der Waals surface area contributed by atoms with Crippen molar-refractivity contribution >= 4 is 48.7 Å². The summed E-state index contributed by atoms with van der Waals surface area (Å²) in [6, 6.07) is 22.8. The lowest BCUT2D eigenvalue weighted by molar-refractivity contribution is 0.0524. The van der Waals surface area contributed by atoms with Crippen LogP contribution in [0.15, 0.2) is 94.7 Å². The Morgan fingerprint density at radius 2 is 1.29 bits per heavy atom. The van der Waals surface area contributed by atoms with E-state index in [1.807, 2.05) is 34.7 Å². The molecule has 1 amide bonds. The first kappa shape index (κ1) is 44.3. The monoisotopic (exact) mass is 947 g/mol. The van der Waals surface area contributed by atoms with Crippen LogP contribution in [0.1, 0.15) is 44.4 Å². The molecule has 0 saturated carbocycles. The number of methoxy groups -OCH3 is 3. The Hall–Kier alpha value is -4.83. The van der Waals surface area contributed by atoms with Gasteiger partial charge in [0.25, 0.3) is 0 Å². The molecule has 0 fully saturated rings. The highest BCUT2D eigenvalue weighted by molar-refractivity contribution is 14.1. The van der Waals surface area contributed by atoms with Crippen LogP contribution in [0.4, 0.5) is 4.79 Å². The molecular formula is C39H46IN7O9S2. The summed E-state index contributed by atoms with van der Waals surface area (Å²) in [5.74, 6) is 1.81. The van der Waals surface area contributed by atoms with Gasteiger partial charge in [0.15, 0.2) is 5.82 Å². The minimum atomic E-state index is -4.77. The highest BCUT2D eigenvalue weighted by atomic mass is 127. The van der Waals surface area contributed by atoms with E-state index in [2.05, 4.69) is 25.6 Å². The average Bonchev–Trinajstić information content (AvgIpc) is 3.64. The minimum absolute atomic E-state index is 0.0176. The first-order valence-corrected chi connectivity index (χ1v) is 21.9. The Labute approximate surface area is 352 Å². The molecule has 0 spiro atoms. The number of ether oxygens (including phenoxy) is 4. The molecule has 4 aromatic carbocycles. The summed E-state index contributed by atoms with van der Waals surface area (Å²) in [4.78, 5) is 11.3. The van der Waals surface area contributed by atoms with Gasteiger partial charge in [-0.2, -0.15) is 4.31 Å². The second kappa shape index (κ2) is 18.8. The molecule has 58 heavy (non-hydrogen) atoms. The van der Waals surface area contributed by atoms with Crippen molar-refractivity contribution in [1.29, 1.82) is 0 Å². The lowest BCUT2D eigenvalue weighted by Crippen LogP contribution is -2.43. The Bertz CT molecular complexity index is 2360. The van der Waals surface area contributed by atoms with Crippen molar-refractivity contribution in [2.75, 3.05) is 27.9 Å². The van der Waals surface area contributed by atoms with Gasteiger partial charge < -0.3 is 24.3 Å². The molecule has 16 nitrogen and oxygen atoms in total. The lowest BCUT2D eigenvalue weighted by atomic mass is 10.2. The van der Waals surface area contributed by atoms with Crippen LogP contribution < -0.4 is 24.2 Å². The van der Waals surface area contributed by atoms with E-state index in [9.17, 15) is 13.2 Å². The Kier molecular flexibility index (Phi) is 14.4. The van der Waals surface area contributed by atoms with Crippen LogP contribution >= 0.6 is 22.6 Å². The quantitative estimate of drug-likeness (QED) is 0.110. The molecule has 0 unspecified atom stereocenters. The number of halogens is 1. The van der Waals surface area contributed by atoms with Gasteiger partial charge in [-0.05, 0) is 126 Å². The van der Waals surface area contributed by atoms with Crippen molar-refractivity contribution in [2.45, 2.75) is 68.8 Å². The number of alkyl carbamates (subject to hydrolysis) is 1. The van der Waals surface area contributed by atoms with Crippen molar-refractivity contribution in [3.8, 4) is 28.6 Å². The summed E-state index contributed by atoms with van der Waals surface area (Å²) in [6.07, 6.45) is -0.741. The molecule has 5 rings (SSSR count). The fraction of sp³-hybridized carbons (Fsp3) is 0.333. The minimum Gasteiger partial charge on any atom is -0.497 e. The van der Waals surface area contributed by atoms with Gasteiger partial charge in [-0.15, -0.1) is 5.10 Å². The van der Waals surface area contributed by atoms with E-state index in [0.717, 1.165) is 5.56 Å². The first-order chi connectivity index (χ1) is 27.4. The number of carbonyl (C=O) groups is 1. The third kappa shape index (κ3) is 11.2. The Balaban J connectivity index is 1.67. The van der Waals surface area contributed by atoms with Gasteiger partial charge in [0.1, 0.15) is 32.6 Å². The van der Waals surface area contributed by atoms with Crippen molar-refractivity contribution < 1.29 is 40.6 Å². The molecule has 1 heterocycles. The maximum atomic E-state index is 15.5. The van der Waals surface area contributed by atoms with Gasteiger partial charge in [-0.1, -0.05) is 36.4 Å². The van der Waals surface area contributed by atoms with Gasteiger partial charge >= 0.3 is 6.09 Å². The molecule has 19 heteroatoms. The van der Waals surface area contributed by atoms with Crippen LogP contribution in [0.3, 0.4) is 0 Å². The van der Waals surface area contributed by atoms with Crippen LogP contribution in [-0.2, 0) is 44.4 Å². The molecule has 0 radical (unpaired) electrons. The Morgan fingerprint density at radius 1 is 0.793 bits per heavy atom. The normalized spacial score (nSPS) is 12.6. The van der Waals surface area contributed by atoms with Gasteiger partial charge in [0.05, 0.1) is 33.4 Å². The van der Waals surface area contributed by atoms with Crippen LogP contribution in [0.2, 0.25) is 0 Å². The molecule has 2 N–H and O–H groups in total. The number of carbonyl (C=O) groups excluding carboxylic acids is 1. The van der Waals surface area contributed by atoms with E-state index in [-0.39, 0.29) is 37.6 Å². The third-order valence-electron chi connectivity index (χ3n) is 8.55. The van der Waals surface area contributed by atoms with Crippen LogP contribution in [0, 0.1) is 3.57 Å². The fourth-order valence-corrected chi connectivity index (χ4v) is 10.3. The van der Waals surface area contributed by atoms with E-state index in [0.29, 0.717) is 31.9 Å². The highest BCUT2D eigenvalue weighted by Crippen LogP contribution is 2.38. The van der Waals surface area contributed by atoms with E-state index in [1.165, 1.54) is 42.3 Å². The smallest absolute Gasteiger partial charge is 0.407 e. The summed E-state index contributed by atoms with van der Waals surface area (Å²) >= 11 is 1.96. The topological polar surface area (TPSA) is 193 Å². The predicted octanol–water partition coefficient (Wildman–Crippen LogP) is 5.60. The second-order valence-corrected chi connectivity index (χ2v) is 18.9. The van der Waals surface area contributed by atoms with Crippen molar-refractivity contribution in [3.05, 3.63) is 105 Å². The number of rotatable bonds is 17. The molecule has 0 saturated heterocycles. The number of nitrogens with zero attached hydrogens (tertiary/aromatic N) is 5. The second-order valence-electron chi connectivity index (χ2n) is 14.1. The molecule has 0 aliphatic heterocycles. The Morgan fingerprint density at radius 3 is 1.78 bits per heavy atom. The molecule has 0 aliphatic carbocycles. The number of aromatic nitrogens is 4. The lowest BCUT2D eigenvalue weighted by Gasteiger charge is -2.26. The number of nitrogens with one attached hydrogen (secondary N) is 2. The molecule has 0 aliphatic rings. The summed E-state index contributed by atoms with van der Waals surface area (Å²) in [5.41, 5.74) is 1.19. The van der Waals surface area contributed by atoms with Crippen molar-refractivity contribution in [2.24, 2.45) is 0 Å². The molecular weight excluding hydrogens is 902 g/mol. The van der Waals surface area contributed by atoms with E-state index in [4.69, 9.17) is 18.9 Å². The van der Waals surface area contributed by atoms with Crippen LogP contribution in [0.5, 0.6) is 17.2 Å². The van der Waals surface area contributed by atoms with Gasteiger partial charge in [0, 0.05) is 29.2 Å². The zero-order valence-electron chi connectivity index (χ0n) is 33.1. The molecule has 1 aromatic heterocycles. The standard InChI is InChI=1S/C39H46IN7O9S2/c1-26(22-41-38(48)56-39(2,3)4)43-57(49,50)34-21-20-33(40)35(37-42-44-45-47(37)25-29-12-18-32(55-7)19-13-29)36(34)58(51,52)46(23-27-8-14-30(53-5)15-9-27)24-28-10-16-31(54-6)17-11-28/h8-21,26,43H,22-25H2,1-7H3,(H,41,48)/t26-/m0/s1. The summed E-state index contributed by atoms with van der Waals surface area (Å²) in [7, 11) is -4.80. The van der Waals surface area contributed by atoms with Crippen molar-refractivity contribution in [1.82, 2.24) is 34.6 Å². The zero-order valence-corrected chi connectivity index (χ0v) is 36.9. The number of tetrazole rings is 1. The highest BCUT2D eigenvalue weighted by Gasteiger charge is 2.38. The van der Waals surface area contributed by atoms with E-state index >= 15 is 8.42 Å². The van der Waals surface area contributed by atoms with Crippen LogP contribution in [-0.4, -0.2) is 87.0 Å². The maximum absolute atomic E-state index is 15.5. The molecule has 1 atom stereocenters. The number of amides is 1.